The number of ether oxygens (including phenoxy) is 1. The average Bonchev–Trinajstić information content (AvgIpc) is 2.51. The van der Waals surface area contributed by atoms with Gasteiger partial charge in [-0.05, 0) is 51.1 Å². The minimum absolute atomic E-state index is 0.177. The third kappa shape index (κ3) is 3.94. The Morgan fingerprint density at radius 2 is 1.70 bits per heavy atom. The maximum absolute atomic E-state index is 5.97. The van der Waals surface area contributed by atoms with Crippen LogP contribution in [0.25, 0.3) is 0 Å². The van der Waals surface area contributed by atoms with Gasteiger partial charge < -0.3 is 4.74 Å². The lowest BCUT2D eigenvalue weighted by molar-refractivity contribution is 0.0195. The monoisotopic (exact) mass is 285 g/mol. The number of hydrogen-bond donors (Lipinski definition) is 2. The number of nitrogens with zero attached hydrogens (tertiary/aromatic N) is 1. The van der Waals surface area contributed by atoms with E-state index in [-0.39, 0.29) is 5.54 Å². The molecule has 1 unspecified atom stereocenters. The van der Waals surface area contributed by atoms with Gasteiger partial charge in [-0.1, -0.05) is 27.7 Å². The Morgan fingerprint density at radius 3 is 2.10 bits per heavy atom. The molecular weight excluding hydrogens is 250 g/mol. The summed E-state index contributed by atoms with van der Waals surface area (Å²) in [5.74, 6) is 6.71. The summed E-state index contributed by atoms with van der Waals surface area (Å²) < 4.78 is 5.48. The molecule has 20 heavy (non-hydrogen) atoms. The molecule has 0 amide bonds. The number of rotatable bonds is 9. The van der Waals surface area contributed by atoms with Gasteiger partial charge in [0, 0.05) is 24.8 Å². The number of nitrogens with two attached hydrogens (primary N) is 1. The fourth-order valence-electron chi connectivity index (χ4n) is 4.02. The van der Waals surface area contributed by atoms with Gasteiger partial charge in [0.1, 0.15) is 0 Å². The van der Waals surface area contributed by atoms with E-state index in [1.807, 2.05) is 0 Å². The maximum atomic E-state index is 5.97. The van der Waals surface area contributed by atoms with E-state index in [4.69, 9.17) is 10.6 Å². The summed E-state index contributed by atoms with van der Waals surface area (Å²) in [6.45, 7) is 13.1. The van der Waals surface area contributed by atoms with Crippen LogP contribution < -0.4 is 11.3 Å². The number of hydrazine groups is 1. The molecule has 0 aromatic heterocycles. The van der Waals surface area contributed by atoms with Crippen LogP contribution in [0.15, 0.2) is 0 Å². The van der Waals surface area contributed by atoms with Gasteiger partial charge in [-0.3, -0.25) is 16.2 Å². The second-order valence-corrected chi connectivity index (χ2v) is 5.99. The summed E-state index contributed by atoms with van der Waals surface area (Å²) in [5, 5.41) is 0. The smallest absolute Gasteiger partial charge is 0.0468 e. The first kappa shape index (κ1) is 17.9. The largest absolute Gasteiger partial charge is 0.381 e. The Labute approximate surface area is 125 Å². The maximum Gasteiger partial charge on any atom is 0.0468 e. The average molecular weight is 285 g/mol. The van der Waals surface area contributed by atoms with Gasteiger partial charge in [-0.2, -0.15) is 0 Å². The van der Waals surface area contributed by atoms with E-state index in [1.165, 1.54) is 12.8 Å². The Balaban J connectivity index is 2.83. The minimum atomic E-state index is 0.177. The summed E-state index contributed by atoms with van der Waals surface area (Å²) in [4.78, 5) is 2.59. The normalized spacial score (nSPS) is 19.5. The lowest BCUT2D eigenvalue weighted by Crippen LogP contribution is -2.62. The van der Waals surface area contributed by atoms with Crippen molar-refractivity contribution in [1.82, 2.24) is 10.3 Å². The highest BCUT2D eigenvalue weighted by molar-refractivity contribution is 4.98. The van der Waals surface area contributed by atoms with Crippen LogP contribution in [-0.2, 0) is 4.74 Å². The van der Waals surface area contributed by atoms with Crippen LogP contribution in [0, 0.1) is 5.92 Å². The second-order valence-electron chi connectivity index (χ2n) is 5.99. The Kier molecular flexibility index (Phi) is 8.03. The molecule has 4 heteroatoms. The zero-order valence-corrected chi connectivity index (χ0v) is 14.0. The zero-order valence-electron chi connectivity index (χ0n) is 14.0. The zero-order chi connectivity index (χ0) is 15.0. The highest BCUT2D eigenvalue weighted by Crippen LogP contribution is 2.33. The number of nitrogens with one attached hydrogen (secondary N) is 1. The molecule has 120 valence electrons. The third-order valence-corrected chi connectivity index (χ3v) is 5.38. The van der Waals surface area contributed by atoms with Crippen molar-refractivity contribution in [3.63, 3.8) is 0 Å². The van der Waals surface area contributed by atoms with Crippen LogP contribution in [0.2, 0.25) is 0 Å². The summed E-state index contributed by atoms with van der Waals surface area (Å²) in [6, 6.07) is 0.362. The lowest BCUT2D eigenvalue weighted by atomic mass is 9.77. The van der Waals surface area contributed by atoms with E-state index < -0.39 is 0 Å². The van der Waals surface area contributed by atoms with Crippen LogP contribution in [0.4, 0.5) is 0 Å². The van der Waals surface area contributed by atoms with E-state index in [9.17, 15) is 0 Å². The first-order valence-electron chi connectivity index (χ1n) is 8.47. The van der Waals surface area contributed by atoms with Crippen molar-refractivity contribution in [3.8, 4) is 0 Å². The van der Waals surface area contributed by atoms with Gasteiger partial charge >= 0.3 is 0 Å². The summed E-state index contributed by atoms with van der Waals surface area (Å²) in [6.07, 6.45) is 5.81. The standard InChI is InChI=1S/C16H35N3O/c1-5-16(6-2,19(7-3)8-4)15(18-17)13-14-9-11-20-12-10-14/h14-15,18H,5-13,17H2,1-4H3. The van der Waals surface area contributed by atoms with E-state index in [0.717, 1.165) is 51.5 Å². The van der Waals surface area contributed by atoms with Crippen LogP contribution in [0.5, 0.6) is 0 Å². The molecule has 0 saturated carbocycles. The summed E-state index contributed by atoms with van der Waals surface area (Å²) in [5.41, 5.74) is 3.34. The number of likely N-dealkylation sites (N-methyl/N-ethyl adjacent to an activating group) is 1. The topological polar surface area (TPSA) is 50.5 Å². The molecule has 1 heterocycles. The van der Waals surface area contributed by atoms with E-state index >= 15 is 0 Å². The highest BCUT2D eigenvalue weighted by Gasteiger charge is 2.40. The molecule has 3 N–H and O–H groups in total. The van der Waals surface area contributed by atoms with Gasteiger partial charge in [-0.15, -0.1) is 0 Å². The van der Waals surface area contributed by atoms with E-state index in [1.54, 1.807) is 0 Å². The minimum Gasteiger partial charge on any atom is -0.381 e. The van der Waals surface area contributed by atoms with Crippen molar-refractivity contribution >= 4 is 0 Å². The molecule has 0 aliphatic carbocycles. The van der Waals surface area contributed by atoms with Gasteiger partial charge in [0.05, 0.1) is 0 Å². The van der Waals surface area contributed by atoms with Crippen molar-refractivity contribution in [2.45, 2.75) is 71.4 Å². The van der Waals surface area contributed by atoms with E-state index in [2.05, 4.69) is 38.0 Å². The predicted molar refractivity (Wildman–Crippen MR) is 85.5 cm³/mol. The van der Waals surface area contributed by atoms with Crippen molar-refractivity contribution in [2.75, 3.05) is 26.3 Å². The molecule has 0 radical (unpaired) electrons. The van der Waals surface area contributed by atoms with Crippen molar-refractivity contribution in [3.05, 3.63) is 0 Å². The fourth-order valence-corrected chi connectivity index (χ4v) is 4.02. The quantitative estimate of drug-likeness (QED) is 0.505. The molecule has 0 aromatic carbocycles. The first-order valence-corrected chi connectivity index (χ1v) is 8.47. The molecule has 1 aliphatic rings. The molecule has 0 spiro atoms. The lowest BCUT2D eigenvalue weighted by Gasteiger charge is -2.48. The van der Waals surface area contributed by atoms with Gasteiger partial charge in [0.2, 0.25) is 0 Å². The van der Waals surface area contributed by atoms with E-state index in [0.29, 0.717) is 6.04 Å². The molecule has 0 aromatic rings. The number of hydrogen-bond acceptors (Lipinski definition) is 4. The SMILES string of the molecule is CCN(CC)C(CC)(CC)C(CC1CCOCC1)NN. The summed E-state index contributed by atoms with van der Waals surface area (Å²) >= 11 is 0. The van der Waals surface area contributed by atoms with Crippen LogP contribution in [0.3, 0.4) is 0 Å². The molecular formula is C16H35N3O. The molecule has 1 aliphatic heterocycles. The van der Waals surface area contributed by atoms with Gasteiger partial charge in [-0.25, -0.2) is 0 Å². The molecule has 1 fully saturated rings. The molecule has 1 saturated heterocycles. The molecule has 4 nitrogen and oxygen atoms in total. The molecule has 1 atom stereocenters. The second kappa shape index (κ2) is 8.98. The van der Waals surface area contributed by atoms with Gasteiger partial charge in [0.15, 0.2) is 0 Å². The van der Waals surface area contributed by atoms with Crippen LogP contribution in [-0.4, -0.2) is 42.8 Å². The van der Waals surface area contributed by atoms with Crippen molar-refractivity contribution in [2.24, 2.45) is 11.8 Å². The fraction of sp³-hybridized carbons (Fsp3) is 1.00. The predicted octanol–water partition coefficient (Wildman–Crippen LogP) is 2.54. The Hall–Kier alpha value is -0.160. The molecule has 1 rings (SSSR count). The van der Waals surface area contributed by atoms with Crippen molar-refractivity contribution in [1.29, 1.82) is 0 Å². The van der Waals surface area contributed by atoms with Crippen LogP contribution in [0.1, 0.15) is 59.8 Å². The van der Waals surface area contributed by atoms with Crippen LogP contribution >= 0.6 is 0 Å². The third-order valence-electron chi connectivity index (χ3n) is 5.38. The van der Waals surface area contributed by atoms with Crippen molar-refractivity contribution < 1.29 is 4.74 Å². The van der Waals surface area contributed by atoms with Gasteiger partial charge in [0.25, 0.3) is 0 Å². The first-order chi connectivity index (χ1) is 9.68. The Morgan fingerprint density at radius 1 is 1.15 bits per heavy atom. The highest BCUT2D eigenvalue weighted by atomic mass is 16.5. The Bertz CT molecular complexity index is 246. The molecule has 0 bridgehead atoms. The summed E-state index contributed by atoms with van der Waals surface area (Å²) in [7, 11) is 0.